The first-order valence-electron chi connectivity index (χ1n) is 7.51. The molecule has 1 amide bonds. The van der Waals surface area contributed by atoms with Gasteiger partial charge in [0.1, 0.15) is 0 Å². The van der Waals surface area contributed by atoms with Crippen LogP contribution in [0.15, 0.2) is 24.5 Å². The zero-order valence-electron chi connectivity index (χ0n) is 13.4. The van der Waals surface area contributed by atoms with Gasteiger partial charge >= 0.3 is 0 Å². The number of benzene rings is 1. The van der Waals surface area contributed by atoms with E-state index in [4.69, 9.17) is 4.74 Å². The van der Waals surface area contributed by atoms with Crippen LogP contribution in [-0.4, -0.2) is 45.4 Å². The molecule has 0 fully saturated rings. The summed E-state index contributed by atoms with van der Waals surface area (Å²) in [6.45, 7) is 5.10. The zero-order valence-corrected chi connectivity index (χ0v) is 13.4. The molecule has 0 spiro atoms. The minimum atomic E-state index is -0.102. The number of methoxy groups -OCH3 is 1. The van der Waals surface area contributed by atoms with Crippen LogP contribution in [0.25, 0.3) is 22.1 Å². The summed E-state index contributed by atoms with van der Waals surface area (Å²) in [7, 11) is 1.66. The lowest BCUT2D eigenvalue weighted by Crippen LogP contribution is -2.30. The smallest absolute Gasteiger partial charge is 0.251 e. The second-order valence-corrected chi connectivity index (χ2v) is 5.66. The van der Waals surface area contributed by atoms with Crippen molar-refractivity contribution in [1.29, 1.82) is 0 Å². The average Bonchev–Trinajstić information content (AvgIpc) is 2.95. The summed E-state index contributed by atoms with van der Waals surface area (Å²) < 4.78 is 7.11. The van der Waals surface area contributed by atoms with E-state index in [2.05, 4.69) is 20.5 Å². The van der Waals surface area contributed by atoms with E-state index in [9.17, 15) is 4.79 Å². The molecular formula is C16H19N5O2. The molecule has 0 saturated carbocycles. The molecule has 23 heavy (non-hydrogen) atoms. The van der Waals surface area contributed by atoms with Crippen molar-refractivity contribution in [2.24, 2.45) is 0 Å². The number of hydrogen-bond acceptors (Lipinski definition) is 5. The quantitative estimate of drug-likeness (QED) is 0.776. The van der Waals surface area contributed by atoms with E-state index in [1.807, 2.05) is 30.5 Å². The van der Waals surface area contributed by atoms with E-state index in [1.165, 1.54) is 0 Å². The maximum Gasteiger partial charge on any atom is 0.251 e. The highest BCUT2D eigenvalue weighted by molar-refractivity contribution is 6.05. The summed E-state index contributed by atoms with van der Waals surface area (Å²) in [6.07, 6.45) is 1.72. The molecule has 7 heteroatoms. The molecule has 0 bridgehead atoms. The number of carbonyl (C=O) groups is 1. The van der Waals surface area contributed by atoms with Crippen molar-refractivity contribution >= 4 is 28.0 Å². The first kappa shape index (κ1) is 15.4. The highest BCUT2D eigenvalue weighted by Gasteiger charge is 2.13. The lowest BCUT2D eigenvalue weighted by molar-refractivity contribution is 0.0943. The van der Waals surface area contributed by atoms with Gasteiger partial charge in [-0.1, -0.05) is 0 Å². The number of ether oxygens (including phenoxy) is 1. The molecule has 0 saturated heterocycles. The van der Waals surface area contributed by atoms with Gasteiger partial charge in [0.15, 0.2) is 0 Å². The minimum absolute atomic E-state index is 0.0843. The molecule has 0 unspecified atom stereocenters. The minimum Gasteiger partial charge on any atom is -0.383 e. The van der Waals surface area contributed by atoms with Gasteiger partial charge in [-0.15, -0.1) is 10.2 Å². The fraction of sp³-hybridized carbons (Fsp3) is 0.375. The SMILES string of the molecule is COCCn1cnc2nnc3ccc(C(=O)NC(C)C)cc3c21. The number of fused-ring (bicyclic) bond motifs is 3. The molecule has 0 atom stereocenters. The molecule has 2 heterocycles. The number of rotatable bonds is 5. The first-order chi connectivity index (χ1) is 11.1. The summed E-state index contributed by atoms with van der Waals surface area (Å²) in [5.41, 5.74) is 2.76. The van der Waals surface area contributed by atoms with E-state index in [0.29, 0.717) is 24.4 Å². The predicted molar refractivity (Wildman–Crippen MR) is 87.3 cm³/mol. The molecule has 0 aliphatic carbocycles. The Balaban J connectivity index is 2.13. The van der Waals surface area contributed by atoms with Gasteiger partial charge < -0.3 is 14.6 Å². The number of imidazole rings is 1. The average molecular weight is 313 g/mol. The summed E-state index contributed by atoms with van der Waals surface area (Å²) in [6, 6.07) is 5.50. The number of aromatic nitrogens is 4. The Kier molecular flexibility index (Phi) is 4.20. The second-order valence-electron chi connectivity index (χ2n) is 5.66. The molecule has 0 aliphatic heterocycles. The molecule has 7 nitrogen and oxygen atoms in total. The molecule has 0 aliphatic rings. The predicted octanol–water partition coefficient (Wildman–Crippen LogP) is 1.76. The van der Waals surface area contributed by atoms with Crippen LogP contribution >= 0.6 is 0 Å². The van der Waals surface area contributed by atoms with Crippen LogP contribution in [0.3, 0.4) is 0 Å². The van der Waals surface area contributed by atoms with Crippen molar-refractivity contribution in [3.8, 4) is 0 Å². The van der Waals surface area contributed by atoms with E-state index >= 15 is 0 Å². The van der Waals surface area contributed by atoms with Crippen LogP contribution in [0.2, 0.25) is 0 Å². The topological polar surface area (TPSA) is 81.9 Å². The van der Waals surface area contributed by atoms with Crippen LogP contribution in [-0.2, 0) is 11.3 Å². The van der Waals surface area contributed by atoms with Crippen LogP contribution in [0.1, 0.15) is 24.2 Å². The van der Waals surface area contributed by atoms with Crippen molar-refractivity contribution in [2.45, 2.75) is 26.4 Å². The highest BCUT2D eigenvalue weighted by atomic mass is 16.5. The largest absolute Gasteiger partial charge is 0.383 e. The molecule has 1 aromatic carbocycles. The third-order valence-corrected chi connectivity index (χ3v) is 3.54. The van der Waals surface area contributed by atoms with Crippen molar-refractivity contribution in [2.75, 3.05) is 13.7 Å². The monoisotopic (exact) mass is 313 g/mol. The first-order valence-corrected chi connectivity index (χ1v) is 7.51. The summed E-state index contributed by atoms with van der Waals surface area (Å²) in [4.78, 5) is 16.5. The highest BCUT2D eigenvalue weighted by Crippen LogP contribution is 2.22. The lowest BCUT2D eigenvalue weighted by atomic mass is 10.1. The van der Waals surface area contributed by atoms with Crippen LogP contribution in [0.4, 0.5) is 0 Å². The van der Waals surface area contributed by atoms with Crippen LogP contribution in [0.5, 0.6) is 0 Å². The van der Waals surface area contributed by atoms with E-state index in [1.54, 1.807) is 19.5 Å². The molecule has 3 aromatic rings. The third-order valence-electron chi connectivity index (χ3n) is 3.54. The Hall–Kier alpha value is -2.54. The van der Waals surface area contributed by atoms with E-state index in [0.717, 1.165) is 16.4 Å². The molecule has 0 radical (unpaired) electrons. The fourth-order valence-electron chi connectivity index (χ4n) is 2.48. The van der Waals surface area contributed by atoms with Gasteiger partial charge in [-0.25, -0.2) is 4.98 Å². The van der Waals surface area contributed by atoms with E-state index < -0.39 is 0 Å². The molecule has 3 rings (SSSR count). The number of carbonyl (C=O) groups excluding carboxylic acids is 1. The number of nitrogens with one attached hydrogen (secondary N) is 1. The zero-order chi connectivity index (χ0) is 16.4. The molecule has 1 N–H and O–H groups in total. The lowest BCUT2D eigenvalue weighted by Gasteiger charge is -2.09. The normalized spacial score (nSPS) is 11.5. The molecule has 120 valence electrons. The standard InChI is InChI=1S/C16H19N5O2/c1-10(2)18-16(22)11-4-5-13-12(8-11)14-15(20-19-13)17-9-21(14)6-7-23-3/h4-5,8-10H,6-7H2,1-3H3,(H,18,22). The maximum atomic E-state index is 12.2. The number of hydrogen-bond donors (Lipinski definition) is 1. The van der Waals surface area contributed by atoms with Gasteiger partial charge in [0.05, 0.1) is 24.0 Å². The van der Waals surface area contributed by atoms with Gasteiger partial charge in [-0.3, -0.25) is 4.79 Å². The van der Waals surface area contributed by atoms with Gasteiger partial charge in [-0.05, 0) is 32.0 Å². The van der Waals surface area contributed by atoms with Crippen molar-refractivity contribution < 1.29 is 9.53 Å². The number of amides is 1. The van der Waals surface area contributed by atoms with Crippen molar-refractivity contribution in [1.82, 2.24) is 25.1 Å². The van der Waals surface area contributed by atoms with Crippen LogP contribution < -0.4 is 5.32 Å². The summed E-state index contributed by atoms with van der Waals surface area (Å²) >= 11 is 0. The molecular weight excluding hydrogens is 294 g/mol. The Morgan fingerprint density at radius 1 is 1.35 bits per heavy atom. The molecule has 2 aromatic heterocycles. The second kappa shape index (κ2) is 6.29. The fourth-order valence-corrected chi connectivity index (χ4v) is 2.48. The van der Waals surface area contributed by atoms with E-state index in [-0.39, 0.29) is 11.9 Å². The Labute approximate surface area is 133 Å². The Morgan fingerprint density at radius 2 is 2.17 bits per heavy atom. The van der Waals surface area contributed by atoms with Gasteiger partial charge in [0.2, 0.25) is 5.65 Å². The van der Waals surface area contributed by atoms with Gasteiger partial charge in [-0.2, -0.15) is 0 Å². The third kappa shape index (κ3) is 3.00. The maximum absolute atomic E-state index is 12.2. The van der Waals surface area contributed by atoms with Crippen molar-refractivity contribution in [3.63, 3.8) is 0 Å². The summed E-state index contributed by atoms with van der Waals surface area (Å²) in [5.74, 6) is -0.102. The number of nitrogens with zero attached hydrogens (tertiary/aromatic N) is 4. The summed E-state index contributed by atoms with van der Waals surface area (Å²) in [5, 5.41) is 12.1. The van der Waals surface area contributed by atoms with Gasteiger partial charge in [0, 0.05) is 30.6 Å². The Bertz CT molecular complexity index is 856. The van der Waals surface area contributed by atoms with Crippen LogP contribution in [0, 0.1) is 0 Å². The Morgan fingerprint density at radius 3 is 2.91 bits per heavy atom. The van der Waals surface area contributed by atoms with Gasteiger partial charge in [0.25, 0.3) is 5.91 Å². The van der Waals surface area contributed by atoms with Crippen molar-refractivity contribution in [3.05, 3.63) is 30.1 Å².